The monoisotopic (exact) mass is 441 g/mol. The van der Waals surface area contributed by atoms with Crippen LogP contribution in [0.1, 0.15) is 12.0 Å². The standard InChI is InChI=1S/C21H23N5O4S/c1-29-17-8-7-13(9-18(17)30-2)12-22-26-21-24-16(20(28)25-21)11-19(27)23-14-5-4-6-15(10-14)31-3/h4-10,12,16H,11H2,1-3H3,(H,23,27)(H2,24,25,26,28)/b22-12-/t16-/m0/s1. The Morgan fingerprint density at radius 2 is 2.03 bits per heavy atom. The topological polar surface area (TPSA) is 113 Å². The predicted octanol–water partition coefficient (Wildman–Crippen LogP) is 2.23. The normalized spacial score (nSPS) is 15.4. The molecule has 10 heteroatoms. The fourth-order valence-corrected chi connectivity index (χ4v) is 3.29. The highest BCUT2D eigenvalue weighted by Crippen LogP contribution is 2.26. The van der Waals surface area contributed by atoms with Gasteiger partial charge in [0.05, 0.1) is 26.9 Å². The van der Waals surface area contributed by atoms with E-state index in [0.717, 1.165) is 10.5 Å². The predicted molar refractivity (Wildman–Crippen MR) is 121 cm³/mol. The first-order valence-corrected chi connectivity index (χ1v) is 10.6. The highest BCUT2D eigenvalue weighted by Gasteiger charge is 2.28. The first kappa shape index (κ1) is 22.2. The smallest absolute Gasteiger partial charge is 0.252 e. The molecule has 0 fully saturated rings. The molecule has 0 aliphatic carbocycles. The van der Waals surface area contributed by atoms with Gasteiger partial charge in [-0.25, -0.2) is 10.4 Å². The average Bonchev–Trinajstić information content (AvgIpc) is 3.12. The second-order valence-electron chi connectivity index (χ2n) is 6.45. The van der Waals surface area contributed by atoms with Crippen molar-refractivity contribution in [3.05, 3.63) is 48.0 Å². The fourth-order valence-electron chi connectivity index (χ4n) is 2.83. The molecule has 0 radical (unpaired) electrons. The number of carbonyl (C=O) groups excluding carboxylic acids is 2. The summed E-state index contributed by atoms with van der Waals surface area (Å²) in [7, 11) is 3.11. The summed E-state index contributed by atoms with van der Waals surface area (Å²) >= 11 is 1.58. The average molecular weight is 442 g/mol. The van der Waals surface area contributed by atoms with Crippen LogP contribution in [0.4, 0.5) is 5.69 Å². The molecule has 3 rings (SSSR count). The van der Waals surface area contributed by atoms with Crippen molar-refractivity contribution >= 4 is 41.4 Å². The van der Waals surface area contributed by atoms with E-state index in [2.05, 4.69) is 26.2 Å². The summed E-state index contributed by atoms with van der Waals surface area (Å²) in [6, 6.07) is 12.0. The van der Waals surface area contributed by atoms with Crippen LogP contribution < -0.4 is 25.5 Å². The van der Waals surface area contributed by atoms with Crippen LogP contribution >= 0.6 is 11.8 Å². The molecular formula is C21H23N5O4S. The van der Waals surface area contributed by atoms with Crippen molar-refractivity contribution in [1.82, 2.24) is 10.7 Å². The van der Waals surface area contributed by atoms with E-state index in [1.54, 1.807) is 56.5 Å². The van der Waals surface area contributed by atoms with E-state index >= 15 is 0 Å². The molecule has 0 saturated heterocycles. The summed E-state index contributed by atoms with van der Waals surface area (Å²) in [5.74, 6) is 0.714. The van der Waals surface area contributed by atoms with E-state index in [1.165, 1.54) is 0 Å². The van der Waals surface area contributed by atoms with Gasteiger partial charge in [-0.1, -0.05) is 6.07 Å². The fraction of sp³-hybridized carbons (Fsp3) is 0.238. The largest absolute Gasteiger partial charge is 0.493 e. The lowest BCUT2D eigenvalue weighted by atomic mass is 10.2. The number of carbonyl (C=O) groups is 2. The Morgan fingerprint density at radius 3 is 2.77 bits per heavy atom. The van der Waals surface area contributed by atoms with Crippen molar-refractivity contribution in [2.24, 2.45) is 10.1 Å². The Balaban J connectivity index is 1.56. The van der Waals surface area contributed by atoms with Crippen LogP contribution in [0.25, 0.3) is 0 Å². The van der Waals surface area contributed by atoms with E-state index in [-0.39, 0.29) is 24.2 Å². The SMILES string of the molecule is COc1ccc(/C=N\NC2=N[C@@H](CC(=O)Nc3cccc(SC)c3)C(=O)N2)cc1OC. The lowest BCUT2D eigenvalue weighted by Crippen LogP contribution is -2.35. The van der Waals surface area contributed by atoms with E-state index in [4.69, 9.17) is 9.47 Å². The highest BCUT2D eigenvalue weighted by molar-refractivity contribution is 7.98. The summed E-state index contributed by atoms with van der Waals surface area (Å²) < 4.78 is 10.4. The maximum absolute atomic E-state index is 12.3. The van der Waals surface area contributed by atoms with E-state index < -0.39 is 6.04 Å². The van der Waals surface area contributed by atoms with Gasteiger partial charge in [-0.2, -0.15) is 5.10 Å². The van der Waals surface area contributed by atoms with Crippen molar-refractivity contribution < 1.29 is 19.1 Å². The van der Waals surface area contributed by atoms with Crippen molar-refractivity contribution in [2.45, 2.75) is 17.4 Å². The number of nitrogens with one attached hydrogen (secondary N) is 3. The lowest BCUT2D eigenvalue weighted by molar-refractivity contribution is -0.123. The molecule has 31 heavy (non-hydrogen) atoms. The number of amides is 2. The highest BCUT2D eigenvalue weighted by atomic mass is 32.2. The van der Waals surface area contributed by atoms with Crippen LogP contribution in [0, 0.1) is 0 Å². The van der Waals surface area contributed by atoms with Crippen molar-refractivity contribution in [3.63, 3.8) is 0 Å². The molecule has 3 N–H and O–H groups in total. The minimum absolute atomic E-state index is 0.0695. The summed E-state index contributed by atoms with van der Waals surface area (Å²) in [6.07, 6.45) is 3.44. The van der Waals surface area contributed by atoms with Crippen LogP contribution in [0.15, 0.2) is 57.5 Å². The molecule has 1 aliphatic rings. The third kappa shape index (κ3) is 5.98. The van der Waals surface area contributed by atoms with Gasteiger partial charge < -0.3 is 14.8 Å². The molecule has 2 aromatic rings. The second-order valence-corrected chi connectivity index (χ2v) is 7.33. The molecule has 0 bridgehead atoms. The molecule has 9 nitrogen and oxygen atoms in total. The van der Waals surface area contributed by atoms with Gasteiger partial charge in [0.1, 0.15) is 6.04 Å². The number of ether oxygens (including phenoxy) is 2. The second kappa shape index (κ2) is 10.5. The van der Waals surface area contributed by atoms with Gasteiger partial charge in [-0.3, -0.25) is 14.9 Å². The first-order valence-electron chi connectivity index (χ1n) is 9.36. The van der Waals surface area contributed by atoms with E-state index in [9.17, 15) is 9.59 Å². The molecule has 1 heterocycles. The first-order chi connectivity index (χ1) is 15.0. The number of hydrazone groups is 1. The Kier molecular flexibility index (Phi) is 7.50. The summed E-state index contributed by atoms with van der Waals surface area (Å²) in [4.78, 5) is 29.7. The zero-order valence-corrected chi connectivity index (χ0v) is 18.2. The minimum Gasteiger partial charge on any atom is -0.493 e. The molecule has 0 unspecified atom stereocenters. The zero-order valence-electron chi connectivity index (χ0n) is 17.3. The maximum Gasteiger partial charge on any atom is 0.252 e. The molecular weight excluding hydrogens is 418 g/mol. The van der Waals surface area contributed by atoms with Gasteiger partial charge >= 0.3 is 0 Å². The third-order valence-corrected chi connectivity index (χ3v) is 5.08. The molecule has 0 spiro atoms. The van der Waals surface area contributed by atoms with Crippen LogP contribution in [-0.4, -0.2) is 50.5 Å². The third-order valence-electron chi connectivity index (χ3n) is 4.35. The van der Waals surface area contributed by atoms with Gasteiger partial charge in [0, 0.05) is 10.6 Å². The number of methoxy groups -OCH3 is 2. The molecule has 162 valence electrons. The van der Waals surface area contributed by atoms with Crippen molar-refractivity contribution in [3.8, 4) is 11.5 Å². The summed E-state index contributed by atoms with van der Waals surface area (Å²) in [5.41, 5.74) is 4.12. The van der Waals surface area contributed by atoms with Crippen LogP contribution in [0.3, 0.4) is 0 Å². The van der Waals surface area contributed by atoms with E-state index in [0.29, 0.717) is 17.2 Å². The summed E-state index contributed by atoms with van der Waals surface area (Å²) in [5, 5.41) is 9.44. The van der Waals surface area contributed by atoms with Crippen molar-refractivity contribution in [1.29, 1.82) is 0 Å². The number of guanidine groups is 1. The van der Waals surface area contributed by atoms with Crippen molar-refractivity contribution in [2.75, 3.05) is 25.8 Å². The van der Waals surface area contributed by atoms with Crippen LogP contribution in [-0.2, 0) is 9.59 Å². The molecule has 0 aromatic heterocycles. The Morgan fingerprint density at radius 1 is 1.23 bits per heavy atom. The number of anilines is 1. The molecule has 2 aromatic carbocycles. The van der Waals surface area contributed by atoms with Gasteiger partial charge in [0.15, 0.2) is 11.5 Å². The van der Waals surface area contributed by atoms with Gasteiger partial charge in [0.2, 0.25) is 11.9 Å². The van der Waals surface area contributed by atoms with Gasteiger partial charge in [0.25, 0.3) is 5.91 Å². The summed E-state index contributed by atoms with van der Waals surface area (Å²) in [6.45, 7) is 0. The van der Waals surface area contributed by atoms with Crippen LogP contribution in [0.2, 0.25) is 0 Å². The molecule has 0 saturated carbocycles. The quantitative estimate of drug-likeness (QED) is 0.329. The van der Waals surface area contributed by atoms with E-state index in [1.807, 2.05) is 24.5 Å². The van der Waals surface area contributed by atoms with Gasteiger partial charge in [-0.15, -0.1) is 11.8 Å². The molecule has 1 aliphatic heterocycles. The number of rotatable bonds is 8. The lowest BCUT2D eigenvalue weighted by Gasteiger charge is -2.07. The van der Waals surface area contributed by atoms with Crippen LogP contribution in [0.5, 0.6) is 11.5 Å². The zero-order chi connectivity index (χ0) is 22.2. The minimum atomic E-state index is -0.817. The maximum atomic E-state index is 12.3. The Hall–Kier alpha value is -3.53. The number of nitrogens with zero attached hydrogens (tertiary/aromatic N) is 2. The Labute approximate surface area is 184 Å². The number of benzene rings is 2. The number of aliphatic imine (C=N–C) groups is 1. The molecule has 1 atom stereocenters. The number of hydrogen-bond donors (Lipinski definition) is 3. The Bertz CT molecular complexity index is 1020. The van der Waals surface area contributed by atoms with Gasteiger partial charge in [-0.05, 0) is 48.2 Å². The number of hydrogen-bond acceptors (Lipinski definition) is 8. The molecule has 2 amide bonds. The number of thioether (sulfide) groups is 1.